The first-order valence-electron chi connectivity index (χ1n) is 4.86. The average Bonchev–Trinajstić information content (AvgIpc) is 2.54. The summed E-state index contributed by atoms with van der Waals surface area (Å²) in [6.07, 6.45) is 4.67. The number of hydrogen-bond donors (Lipinski definition) is 2. The number of halogens is 1. The number of nitrogen functional groups attached to an aromatic ring is 1. The van der Waals surface area contributed by atoms with Crippen LogP contribution in [0.1, 0.15) is 31.2 Å². The largest absolute Gasteiger partial charge is 0.399 e. The monoisotopic (exact) mass is 212 g/mol. The molecule has 0 bridgehead atoms. The van der Waals surface area contributed by atoms with E-state index in [-0.39, 0.29) is 17.9 Å². The minimum atomic E-state index is -0.102. The van der Waals surface area contributed by atoms with E-state index in [0.29, 0.717) is 0 Å². The Balaban J connectivity index is 0.000000980. The van der Waals surface area contributed by atoms with Gasteiger partial charge in [0.25, 0.3) is 0 Å². The van der Waals surface area contributed by atoms with Crippen LogP contribution in [0.5, 0.6) is 0 Å². The second kappa shape index (κ2) is 4.20. The molecule has 3 heteroatoms. The van der Waals surface area contributed by atoms with Crippen LogP contribution in [0, 0.1) is 0 Å². The Kier molecular flexibility index (Phi) is 3.40. The quantitative estimate of drug-likeness (QED) is 0.703. The Morgan fingerprint density at radius 1 is 1.14 bits per heavy atom. The summed E-state index contributed by atoms with van der Waals surface area (Å²) in [7, 11) is 0. The van der Waals surface area contributed by atoms with Gasteiger partial charge in [0.1, 0.15) is 0 Å². The molecule has 1 fully saturated rings. The van der Waals surface area contributed by atoms with Gasteiger partial charge in [-0.15, -0.1) is 12.4 Å². The van der Waals surface area contributed by atoms with Gasteiger partial charge in [0.2, 0.25) is 0 Å². The maximum atomic E-state index is 6.29. The van der Waals surface area contributed by atoms with Gasteiger partial charge < -0.3 is 11.5 Å². The lowest BCUT2D eigenvalue weighted by molar-refractivity contribution is 0.462. The molecule has 1 saturated carbocycles. The molecular weight excluding hydrogens is 196 g/mol. The molecule has 0 aliphatic heterocycles. The fourth-order valence-corrected chi connectivity index (χ4v) is 2.14. The van der Waals surface area contributed by atoms with Crippen molar-refractivity contribution in [3.05, 3.63) is 29.8 Å². The molecule has 0 heterocycles. The maximum Gasteiger partial charge on any atom is 0.0410 e. The standard InChI is InChI=1S/C11H16N2.ClH/c12-10-5-3-4-9(8-10)11(13)6-1-2-7-11;/h3-5,8H,1-2,6-7,12-13H2;1H. The van der Waals surface area contributed by atoms with Gasteiger partial charge in [0, 0.05) is 11.2 Å². The molecule has 2 rings (SSSR count). The molecule has 1 aliphatic carbocycles. The molecule has 0 aromatic heterocycles. The fraction of sp³-hybridized carbons (Fsp3) is 0.455. The molecule has 78 valence electrons. The summed E-state index contributed by atoms with van der Waals surface area (Å²) in [5.74, 6) is 0. The summed E-state index contributed by atoms with van der Waals surface area (Å²) in [5.41, 5.74) is 13.9. The molecule has 0 unspecified atom stereocenters. The predicted octanol–water partition coefficient (Wildman–Crippen LogP) is 2.42. The molecular formula is C11H17ClN2. The van der Waals surface area contributed by atoms with Gasteiger partial charge in [-0.1, -0.05) is 25.0 Å². The summed E-state index contributed by atoms with van der Waals surface area (Å²) < 4.78 is 0. The predicted molar refractivity (Wildman–Crippen MR) is 62.4 cm³/mol. The molecule has 1 aliphatic rings. The SMILES string of the molecule is Cl.Nc1cccc(C2(N)CCCC2)c1. The van der Waals surface area contributed by atoms with Gasteiger partial charge in [-0.05, 0) is 30.5 Å². The van der Waals surface area contributed by atoms with E-state index in [1.807, 2.05) is 18.2 Å². The number of benzene rings is 1. The highest BCUT2D eigenvalue weighted by atomic mass is 35.5. The lowest BCUT2D eigenvalue weighted by Gasteiger charge is -2.24. The lowest BCUT2D eigenvalue weighted by atomic mass is 9.89. The summed E-state index contributed by atoms with van der Waals surface area (Å²) in [6, 6.07) is 7.98. The average molecular weight is 213 g/mol. The smallest absolute Gasteiger partial charge is 0.0410 e. The van der Waals surface area contributed by atoms with Crippen LogP contribution < -0.4 is 11.5 Å². The first-order valence-corrected chi connectivity index (χ1v) is 4.86. The molecule has 2 nitrogen and oxygen atoms in total. The van der Waals surface area contributed by atoms with Crippen molar-refractivity contribution in [3.63, 3.8) is 0 Å². The van der Waals surface area contributed by atoms with E-state index in [1.54, 1.807) is 0 Å². The van der Waals surface area contributed by atoms with E-state index in [0.717, 1.165) is 18.5 Å². The van der Waals surface area contributed by atoms with E-state index >= 15 is 0 Å². The number of hydrogen-bond acceptors (Lipinski definition) is 2. The van der Waals surface area contributed by atoms with Gasteiger partial charge in [0.15, 0.2) is 0 Å². The first kappa shape index (κ1) is 11.3. The van der Waals surface area contributed by atoms with Crippen molar-refractivity contribution in [2.45, 2.75) is 31.2 Å². The normalized spacial score (nSPS) is 18.9. The highest BCUT2D eigenvalue weighted by Crippen LogP contribution is 2.36. The molecule has 0 amide bonds. The number of nitrogens with two attached hydrogens (primary N) is 2. The zero-order valence-corrected chi connectivity index (χ0v) is 9.02. The lowest BCUT2D eigenvalue weighted by Crippen LogP contribution is -2.33. The Morgan fingerprint density at radius 2 is 1.79 bits per heavy atom. The summed E-state index contributed by atoms with van der Waals surface area (Å²) in [5, 5.41) is 0. The number of rotatable bonds is 1. The van der Waals surface area contributed by atoms with E-state index in [1.165, 1.54) is 18.4 Å². The van der Waals surface area contributed by atoms with Crippen LogP contribution in [0.15, 0.2) is 24.3 Å². The van der Waals surface area contributed by atoms with E-state index in [2.05, 4.69) is 6.07 Å². The molecule has 4 N–H and O–H groups in total. The van der Waals surface area contributed by atoms with Gasteiger partial charge >= 0.3 is 0 Å². The van der Waals surface area contributed by atoms with E-state index in [4.69, 9.17) is 11.5 Å². The van der Waals surface area contributed by atoms with Crippen molar-refractivity contribution in [1.29, 1.82) is 0 Å². The highest BCUT2D eigenvalue weighted by Gasteiger charge is 2.30. The van der Waals surface area contributed by atoms with Gasteiger partial charge in [-0.25, -0.2) is 0 Å². The molecule has 14 heavy (non-hydrogen) atoms. The molecule has 1 aromatic carbocycles. The Morgan fingerprint density at radius 3 is 2.36 bits per heavy atom. The van der Waals surface area contributed by atoms with Gasteiger partial charge in [-0.3, -0.25) is 0 Å². The minimum Gasteiger partial charge on any atom is -0.399 e. The molecule has 0 saturated heterocycles. The van der Waals surface area contributed by atoms with Gasteiger partial charge in [-0.2, -0.15) is 0 Å². The molecule has 0 radical (unpaired) electrons. The Labute approximate surface area is 91.1 Å². The fourth-order valence-electron chi connectivity index (χ4n) is 2.14. The van der Waals surface area contributed by atoms with E-state index < -0.39 is 0 Å². The minimum absolute atomic E-state index is 0. The number of anilines is 1. The molecule has 0 spiro atoms. The molecule has 0 atom stereocenters. The summed E-state index contributed by atoms with van der Waals surface area (Å²) >= 11 is 0. The first-order chi connectivity index (χ1) is 6.21. The van der Waals surface area contributed by atoms with Crippen LogP contribution in [0.25, 0.3) is 0 Å². The van der Waals surface area contributed by atoms with Crippen molar-refractivity contribution in [2.75, 3.05) is 5.73 Å². The van der Waals surface area contributed by atoms with Crippen molar-refractivity contribution < 1.29 is 0 Å². The van der Waals surface area contributed by atoms with Crippen LogP contribution in [-0.2, 0) is 5.54 Å². The van der Waals surface area contributed by atoms with Crippen LogP contribution >= 0.6 is 12.4 Å². The van der Waals surface area contributed by atoms with Crippen LogP contribution in [0.3, 0.4) is 0 Å². The Bertz CT molecular complexity index is 306. The van der Waals surface area contributed by atoms with E-state index in [9.17, 15) is 0 Å². The zero-order valence-electron chi connectivity index (χ0n) is 8.20. The van der Waals surface area contributed by atoms with Crippen molar-refractivity contribution in [3.8, 4) is 0 Å². The molecule has 1 aromatic rings. The van der Waals surface area contributed by atoms with Crippen LogP contribution in [0.2, 0.25) is 0 Å². The third-order valence-electron chi connectivity index (χ3n) is 2.96. The maximum absolute atomic E-state index is 6.29. The van der Waals surface area contributed by atoms with Crippen LogP contribution in [-0.4, -0.2) is 0 Å². The second-order valence-electron chi connectivity index (χ2n) is 3.99. The van der Waals surface area contributed by atoms with Crippen molar-refractivity contribution in [2.24, 2.45) is 5.73 Å². The van der Waals surface area contributed by atoms with Gasteiger partial charge in [0.05, 0.1) is 0 Å². The topological polar surface area (TPSA) is 52.0 Å². The third-order valence-corrected chi connectivity index (χ3v) is 2.96. The zero-order chi connectivity index (χ0) is 9.31. The van der Waals surface area contributed by atoms with Crippen LogP contribution in [0.4, 0.5) is 5.69 Å². The Hall–Kier alpha value is -0.730. The highest BCUT2D eigenvalue weighted by molar-refractivity contribution is 5.85. The third kappa shape index (κ3) is 2.02. The second-order valence-corrected chi connectivity index (χ2v) is 3.99. The summed E-state index contributed by atoms with van der Waals surface area (Å²) in [6.45, 7) is 0. The van der Waals surface area contributed by atoms with Crippen molar-refractivity contribution in [1.82, 2.24) is 0 Å². The van der Waals surface area contributed by atoms with Crippen molar-refractivity contribution >= 4 is 18.1 Å². The summed E-state index contributed by atoms with van der Waals surface area (Å²) in [4.78, 5) is 0.